The number of hydrogen-bond donors (Lipinski definition) is 3. The summed E-state index contributed by atoms with van der Waals surface area (Å²) in [5.74, 6) is -0.121. The minimum atomic E-state index is -0.239. The zero-order valence-corrected chi connectivity index (χ0v) is 14.4. The summed E-state index contributed by atoms with van der Waals surface area (Å²) in [5, 5.41) is 22.4. The molecule has 0 unspecified atom stereocenters. The van der Waals surface area contributed by atoms with Crippen molar-refractivity contribution < 1.29 is 15.0 Å². The van der Waals surface area contributed by atoms with Crippen LogP contribution in [0.4, 0.5) is 5.69 Å². The molecule has 2 aromatic rings. The number of carbonyl (C=O) groups excluding carboxylic acids is 1. The molecule has 0 atom stereocenters. The van der Waals surface area contributed by atoms with Crippen LogP contribution in [0.2, 0.25) is 0 Å². The van der Waals surface area contributed by atoms with E-state index in [9.17, 15) is 15.0 Å². The number of aliphatic hydroxyl groups is 1. The van der Waals surface area contributed by atoms with Gasteiger partial charge < -0.3 is 15.5 Å². The number of hydrogen-bond acceptors (Lipinski definition) is 4. The lowest BCUT2D eigenvalue weighted by Gasteiger charge is -2.30. The average molecular weight is 340 g/mol. The molecule has 132 valence electrons. The lowest BCUT2D eigenvalue weighted by Crippen LogP contribution is -2.35. The second-order valence-electron chi connectivity index (χ2n) is 6.62. The third kappa shape index (κ3) is 4.38. The first-order valence-corrected chi connectivity index (χ1v) is 8.62. The number of nitrogens with one attached hydrogen (secondary N) is 1. The summed E-state index contributed by atoms with van der Waals surface area (Å²) in [4.78, 5) is 14.8. The van der Waals surface area contributed by atoms with E-state index in [4.69, 9.17) is 0 Å². The first-order valence-electron chi connectivity index (χ1n) is 8.62. The number of aryl methyl sites for hydroxylation is 1. The molecule has 1 aliphatic rings. The number of nitrogens with zero attached hydrogens (tertiary/aromatic N) is 1. The molecule has 3 rings (SSSR count). The summed E-state index contributed by atoms with van der Waals surface area (Å²) in [6.07, 6.45) is 1.38. The Morgan fingerprint density at radius 2 is 1.92 bits per heavy atom. The van der Waals surface area contributed by atoms with Gasteiger partial charge in [0.25, 0.3) is 5.91 Å². The first-order chi connectivity index (χ1) is 12.0. The summed E-state index contributed by atoms with van der Waals surface area (Å²) in [5.41, 5.74) is 2.99. The summed E-state index contributed by atoms with van der Waals surface area (Å²) in [6, 6.07) is 12.7. The minimum Gasteiger partial charge on any atom is -0.508 e. The van der Waals surface area contributed by atoms with Crippen LogP contribution in [0.5, 0.6) is 5.75 Å². The maximum absolute atomic E-state index is 12.5. The molecule has 3 N–H and O–H groups in total. The number of rotatable bonds is 4. The molecule has 25 heavy (non-hydrogen) atoms. The second-order valence-corrected chi connectivity index (χ2v) is 6.62. The molecular weight excluding hydrogens is 316 g/mol. The Morgan fingerprint density at radius 1 is 1.20 bits per heavy atom. The van der Waals surface area contributed by atoms with Crippen molar-refractivity contribution in [2.75, 3.05) is 18.4 Å². The summed E-state index contributed by atoms with van der Waals surface area (Å²) in [6.45, 7) is 4.24. The molecule has 1 amide bonds. The van der Waals surface area contributed by atoms with Gasteiger partial charge in [-0.2, -0.15) is 0 Å². The van der Waals surface area contributed by atoms with Gasteiger partial charge in [0.05, 0.1) is 6.10 Å². The van der Waals surface area contributed by atoms with E-state index in [0.29, 0.717) is 5.56 Å². The number of piperidine rings is 1. The number of phenols is 1. The van der Waals surface area contributed by atoms with Crippen molar-refractivity contribution >= 4 is 11.6 Å². The molecular formula is C20H24N2O3. The van der Waals surface area contributed by atoms with E-state index in [1.54, 1.807) is 19.1 Å². The maximum atomic E-state index is 12.5. The van der Waals surface area contributed by atoms with E-state index in [2.05, 4.69) is 10.2 Å². The SMILES string of the molecule is Cc1ccc(C(=O)Nc2ccccc2CN2CCC(O)CC2)cc1O. The normalized spacial score (nSPS) is 15.9. The molecule has 0 aromatic heterocycles. The predicted octanol–water partition coefficient (Wildman–Crippen LogP) is 2.91. The van der Waals surface area contributed by atoms with E-state index >= 15 is 0 Å². The van der Waals surface area contributed by atoms with Crippen molar-refractivity contribution in [1.29, 1.82) is 0 Å². The van der Waals surface area contributed by atoms with Crippen LogP contribution in [-0.4, -0.2) is 40.2 Å². The van der Waals surface area contributed by atoms with Crippen molar-refractivity contribution in [2.24, 2.45) is 0 Å². The molecule has 1 heterocycles. The number of carbonyl (C=O) groups is 1. The number of para-hydroxylation sites is 1. The van der Waals surface area contributed by atoms with Gasteiger partial charge in [0, 0.05) is 30.9 Å². The van der Waals surface area contributed by atoms with Crippen molar-refractivity contribution in [3.05, 3.63) is 59.2 Å². The lowest BCUT2D eigenvalue weighted by molar-refractivity contribution is 0.0793. The highest BCUT2D eigenvalue weighted by atomic mass is 16.3. The van der Waals surface area contributed by atoms with Crippen molar-refractivity contribution in [2.45, 2.75) is 32.4 Å². The summed E-state index contributed by atoms with van der Waals surface area (Å²) >= 11 is 0. The van der Waals surface area contributed by atoms with Gasteiger partial charge in [0.1, 0.15) is 5.75 Å². The molecule has 0 spiro atoms. The van der Waals surface area contributed by atoms with Gasteiger partial charge in [-0.1, -0.05) is 24.3 Å². The smallest absolute Gasteiger partial charge is 0.255 e. The number of amides is 1. The van der Waals surface area contributed by atoms with Crippen LogP contribution in [0.1, 0.15) is 34.3 Å². The molecule has 5 heteroatoms. The van der Waals surface area contributed by atoms with Crippen LogP contribution < -0.4 is 5.32 Å². The zero-order valence-electron chi connectivity index (χ0n) is 14.4. The van der Waals surface area contributed by atoms with Crippen LogP contribution in [0.3, 0.4) is 0 Å². The molecule has 0 bridgehead atoms. The van der Waals surface area contributed by atoms with Crippen LogP contribution in [0.25, 0.3) is 0 Å². The Kier molecular flexibility index (Phi) is 5.36. The Balaban J connectivity index is 1.72. The van der Waals surface area contributed by atoms with E-state index in [1.807, 2.05) is 24.3 Å². The number of aromatic hydroxyl groups is 1. The molecule has 2 aromatic carbocycles. The zero-order chi connectivity index (χ0) is 17.8. The molecule has 0 radical (unpaired) electrons. The maximum Gasteiger partial charge on any atom is 0.255 e. The van der Waals surface area contributed by atoms with Gasteiger partial charge in [-0.15, -0.1) is 0 Å². The Labute approximate surface area is 147 Å². The fraction of sp³-hybridized carbons (Fsp3) is 0.350. The Morgan fingerprint density at radius 3 is 2.64 bits per heavy atom. The average Bonchev–Trinajstić information content (AvgIpc) is 2.61. The molecule has 5 nitrogen and oxygen atoms in total. The quantitative estimate of drug-likeness (QED) is 0.800. The van der Waals surface area contributed by atoms with Gasteiger partial charge in [0.15, 0.2) is 0 Å². The topological polar surface area (TPSA) is 72.8 Å². The highest BCUT2D eigenvalue weighted by molar-refractivity contribution is 6.04. The number of anilines is 1. The van der Waals surface area contributed by atoms with Crippen LogP contribution in [-0.2, 0) is 6.54 Å². The fourth-order valence-corrected chi connectivity index (χ4v) is 3.04. The Hall–Kier alpha value is -2.37. The van der Waals surface area contributed by atoms with E-state index in [0.717, 1.165) is 49.3 Å². The van der Waals surface area contributed by atoms with E-state index in [-0.39, 0.29) is 17.8 Å². The highest BCUT2D eigenvalue weighted by Gasteiger charge is 2.18. The molecule has 1 fully saturated rings. The Bertz CT molecular complexity index is 752. The monoisotopic (exact) mass is 340 g/mol. The van der Waals surface area contributed by atoms with Crippen molar-refractivity contribution in [3.63, 3.8) is 0 Å². The van der Waals surface area contributed by atoms with Crippen LogP contribution in [0.15, 0.2) is 42.5 Å². The molecule has 1 aliphatic heterocycles. The summed E-state index contributed by atoms with van der Waals surface area (Å²) in [7, 11) is 0. The van der Waals surface area contributed by atoms with Crippen molar-refractivity contribution in [1.82, 2.24) is 4.90 Å². The number of phenolic OH excluding ortho intramolecular Hbond substituents is 1. The third-order valence-corrected chi connectivity index (χ3v) is 4.69. The van der Waals surface area contributed by atoms with Crippen LogP contribution in [0, 0.1) is 6.92 Å². The van der Waals surface area contributed by atoms with E-state index in [1.165, 1.54) is 6.07 Å². The molecule has 0 saturated carbocycles. The van der Waals surface area contributed by atoms with E-state index < -0.39 is 0 Å². The molecule has 0 aliphatic carbocycles. The largest absolute Gasteiger partial charge is 0.508 e. The second kappa shape index (κ2) is 7.68. The number of likely N-dealkylation sites (tertiary alicyclic amines) is 1. The standard InChI is InChI=1S/C20H24N2O3/c1-14-6-7-15(12-19(14)24)20(25)21-18-5-3-2-4-16(18)13-22-10-8-17(23)9-11-22/h2-7,12,17,23-24H,8-11,13H2,1H3,(H,21,25). The fourth-order valence-electron chi connectivity index (χ4n) is 3.04. The van der Waals surface area contributed by atoms with Gasteiger partial charge in [-0.25, -0.2) is 0 Å². The van der Waals surface area contributed by atoms with Gasteiger partial charge >= 0.3 is 0 Å². The third-order valence-electron chi connectivity index (χ3n) is 4.69. The highest BCUT2D eigenvalue weighted by Crippen LogP contribution is 2.22. The predicted molar refractivity (Wildman–Crippen MR) is 97.8 cm³/mol. The minimum absolute atomic E-state index is 0.118. The van der Waals surface area contributed by atoms with Crippen molar-refractivity contribution in [3.8, 4) is 5.75 Å². The van der Waals surface area contributed by atoms with Gasteiger partial charge in [-0.05, 0) is 49.1 Å². The first kappa shape index (κ1) is 17.5. The van der Waals surface area contributed by atoms with Crippen LogP contribution >= 0.6 is 0 Å². The van der Waals surface area contributed by atoms with Gasteiger partial charge in [0.2, 0.25) is 0 Å². The van der Waals surface area contributed by atoms with Gasteiger partial charge in [-0.3, -0.25) is 9.69 Å². The molecule has 1 saturated heterocycles. The lowest BCUT2D eigenvalue weighted by atomic mass is 10.1. The summed E-state index contributed by atoms with van der Waals surface area (Å²) < 4.78 is 0. The number of benzene rings is 2. The number of aliphatic hydroxyl groups excluding tert-OH is 1.